The molecule has 2 aliphatic heterocycles. The second kappa shape index (κ2) is 6.73. The Hall–Kier alpha value is -3.24. The van der Waals surface area contributed by atoms with Gasteiger partial charge in [0.25, 0.3) is 11.8 Å². The van der Waals surface area contributed by atoms with E-state index in [1.807, 2.05) is 4.90 Å². The average molecular weight is 392 g/mol. The quantitative estimate of drug-likeness (QED) is 0.849. The van der Waals surface area contributed by atoms with Crippen LogP contribution in [0.1, 0.15) is 27.5 Å². The molecule has 2 aromatic rings. The second-order valence-electron chi connectivity index (χ2n) is 6.48. The fraction of sp³-hybridized carbons (Fsp3) is 0.353. The first-order chi connectivity index (χ1) is 13.3. The van der Waals surface area contributed by atoms with Crippen LogP contribution in [0.2, 0.25) is 0 Å². The van der Waals surface area contributed by atoms with Crippen molar-refractivity contribution in [2.24, 2.45) is 0 Å². The molecule has 0 radical (unpaired) electrons. The Bertz CT molecular complexity index is 921. The number of carbonyl (C=O) groups excluding carboxylic acids is 2. The number of nitrogens with zero attached hydrogens (tertiary/aromatic N) is 5. The summed E-state index contributed by atoms with van der Waals surface area (Å²) in [6.07, 6.45) is -0.986. The van der Waals surface area contributed by atoms with E-state index in [1.165, 1.54) is 17.3 Å². The molecule has 11 heteroatoms. The highest BCUT2D eigenvalue weighted by molar-refractivity contribution is 6.07. The molecule has 1 saturated heterocycles. The lowest BCUT2D eigenvalue weighted by Crippen LogP contribution is -2.47. The Labute approximate surface area is 157 Å². The van der Waals surface area contributed by atoms with Crippen molar-refractivity contribution in [2.45, 2.75) is 18.6 Å². The van der Waals surface area contributed by atoms with Crippen LogP contribution in [0.3, 0.4) is 0 Å². The third-order valence-corrected chi connectivity index (χ3v) is 4.60. The van der Waals surface area contributed by atoms with Crippen molar-refractivity contribution in [1.29, 1.82) is 0 Å². The topological polar surface area (TPSA) is 91.3 Å². The number of hydrogen-bond acceptors (Lipinski definition) is 6. The highest BCUT2D eigenvalue weighted by Gasteiger charge is 2.41. The number of alkyl halides is 3. The smallest absolute Gasteiger partial charge is 0.365 e. The molecule has 2 aliphatic rings. The minimum Gasteiger partial charge on any atom is -0.365 e. The maximum Gasteiger partial charge on any atom is 0.405 e. The number of rotatable bonds is 3. The Morgan fingerprint density at radius 3 is 2.79 bits per heavy atom. The van der Waals surface area contributed by atoms with Gasteiger partial charge < -0.3 is 10.2 Å². The van der Waals surface area contributed by atoms with Crippen LogP contribution >= 0.6 is 0 Å². The molecule has 2 bridgehead atoms. The summed E-state index contributed by atoms with van der Waals surface area (Å²) in [6.45, 7) is -0.210. The summed E-state index contributed by atoms with van der Waals surface area (Å²) in [4.78, 5) is 40.6. The number of pyridine rings is 1. The van der Waals surface area contributed by atoms with E-state index in [0.717, 1.165) is 0 Å². The molecule has 1 fully saturated rings. The first-order valence-electron chi connectivity index (χ1n) is 8.55. The van der Waals surface area contributed by atoms with Crippen LogP contribution in [0.5, 0.6) is 0 Å². The molecule has 0 saturated carbocycles. The van der Waals surface area contributed by atoms with Gasteiger partial charge in [-0.2, -0.15) is 13.2 Å². The number of halogens is 3. The fourth-order valence-electron chi connectivity index (χ4n) is 3.35. The van der Waals surface area contributed by atoms with Crippen molar-refractivity contribution in [3.63, 3.8) is 0 Å². The molecule has 0 aliphatic carbocycles. The van der Waals surface area contributed by atoms with Crippen LogP contribution in [0, 0.1) is 0 Å². The summed E-state index contributed by atoms with van der Waals surface area (Å²) >= 11 is 0. The summed E-state index contributed by atoms with van der Waals surface area (Å²) in [5.74, 6) is -1.66. The number of hydrogen-bond donors (Lipinski definition) is 1. The number of anilines is 2. The highest BCUT2D eigenvalue weighted by atomic mass is 19.4. The maximum atomic E-state index is 13.0. The van der Waals surface area contributed by atoms with E-state index in [4.69, 9.17) is 0 Å². The molecule has 2 aromatic heterocycles. The molecule has 146 valence electrons. The lowest BCUT2D eigenvalue weighted by Gasteiger charge is -2.35. The number of fused-ring (bicyclic) bond motifs is 4. The summed E-state index contributed by atoms with van der Waals surface area (Å²) < 4.78 is 37.0. The minimum absolute atomic E-state index is 0.164. The van der Waals surface area contributed by atoms with Crippen LogP contribution < -0.4 is 15.1 Å². The van der Waals surface area contributed by atoms with E-state index in [9.17, 15) is 22.8 Å². The van der Waals surface area contributed by atoms with E-state index in [2.05, 4.69) is 15.0 Å². The van der Waals surface area contributed by atoms with Crippen molar-refractivity contribution in [3.8, 4) is 0 Å². The van der Waals surface area contributed by atoms with Crippen LogP contribution in [0.25, 0.3) is 0 Å². The molecule has 4 heterocycles. The van der Waals surface area contributed by atoms with Crippen LogP contribution in [-0.2, 0) is 0 Å². The van der Waals surface area contributed by atoms with Gasteiger partial charge in [0.05, 0.1) is 17.9 Å². The van der Waals surface area contributed by atoms with Gasteiger partial charge in [-0.1, -0.05) is 6.07 Å². The lowest BCUT2D eigenvalue weighted by atomic mass is 10.1. The average Bonchev–Trinajstić information content (AvgIpc) is 3.10. The number of nitrogens with one attached hydrogen (secondary N) is 1. The number of aromatic nitrogens is 3. The van der Waals surface area contributed by atoms with E-state index in [-0.39, 0.29) is 23.5 Å². The van der Waals surface area contributed by atoms with Crippen molar-refractivity contribution in [2.75, 3.05) is 29.4 Å². The van der Waals surface area contributed by atoms with Crippen LogP contribution in [0.15, 0.2) is 30.6 Å². The second-order valence-corrected chi connectivity index (χ2v) is 6.48. The summed E-state index contributed by atoms with van der Waals surface area (Å²) in [7, 11) is 0. The Balaban J connectivity index is 1.68. The maximum absolute atomic E-state index is 13.0. The Morgan fingerprint density at radius 2 is 2.07 bits per heavy atom. The van der Waals surface area contributed by atoms with E-state index in [1.54, 1.807) is 23.5 Å². The van der Waals surface area contributed by atoms with Gasteiger partial charge in [-0.25, -0.2) is 9.97 Å². The summed E-state index contributed by atoms with van der Waals surface area (Å²) in [5.41, 5.74) is 0.779. The zero-order valence-corrected chi connectivity index (χ0v) is 14.5. The zero-order chi connectivity index (χ0) is 19.9. The predicted octanol–water partition coefficient (Wildman–Crippen LogP) is 1.40. The fourth-order valence-corrected chi connectivity index (χ4v) is 3.35. The van der Waals surface area contributed by atoms with Crippen LogP contribution in [-0.4, -0.2) is 58.6 Å². The van der Waals surface area contributed by atoms with Gasteiger partial charge >= 0.3 is 6.18 Å². The lowest BCUT2D eigenvalue weighted by molar-refractivity contribution is -0.123. The van der Waals surface area contributed by atoms with E-state index >= 15 is 0 Å². The molecular formula is C17H15F3N6O2. The van der Waals surface area contributed by atoms with Gasteiger partial charge in [0.1, 0.15) is 12.2 Å². The van der Waals surface area contributed by atoms with E-state index in [0.29, 0.717) is 25.2 Å². The zero-order valence-electron chi connectivity index (χ0n) is 14.5. The SMILES string of the molecule is O=C(NCC(F)(F)F)c1ncc2c(n1)N(C(=O)c1ccccn1)[C@H]1CCN2C1. The van der Waals surface area contributed by atoms with Gasteiger partial charge in [0.15, 0.2) is 5.82 Å². The van der Waals surface area contributed by atoms with Gasteiger partial charge in [-0.3, -0.25) is 19.5 Å². The number of carbonyl (C=O) groups is 2. The highest BCUT2D eigenvalue weighted by Crippen LogP contribution is 2.38. The third kappa shape index (κ3) is 3.35. The van der Waals surface area contributed by atoms with Gasteiger partial charge in [0.2, 0.25) is 5.82 Å². The molecule has 8 nitrogen and oxygen atoms in total. The van der Waals surface area contributed by atoms with Crippen molar-refractivity contribution >= 4 is 23.3 Å². The molecule has 0 unspecified atom stereocenters. The Kier molecular flexibility index (Phi) is 4.36. The molecular weight excluding hydrogens is 377 g/mol. The largest absolute Gasteiger partial charge is 0.405 e. The normalized spacial score (nSPS) is 18.0. The number of amides is 2. The van der Waals surface area contributed by atoms with Gasteiger partial charge in [-0.05, 0) is 18.6 Å². The Morgan fingerprint density at radius 1 is 1.25 bits per heavy atom. The molecule has 1 atom stereocenters. The first-order valence-corrected chi connectivity index (χ1v) is 8.55. The first kappa shape index (κ1) is 18.1. The van der Waals surface area contributed by atoms with Crippen molar-refractivity contribution < 1.29 is 22.8 Å². The van der Waals surface area contributed by atoms with Crippen LogP contribution in [0.4, 0.5) is 24.7 Å². The molecule has 0 aromatic carbocycles. The summed E-state index contributed by atoms with van der Waals surface area (Å²) in [6, 6.07) is 4.77. The molecule has 4 rings (SSSR count). The van der Waals surface area contributed by atoms with Crippen molar-refractivity contribution in [1.82, 2.24) is 20.3 Å². The predicted molar refractivity (Wildman–Crippen MR) is 92.1 cm³/mol. The van der Waals surface area contributed by atoms with Gasteiger partial charge in [0, 0.05) is 19.3 Å². The van der Waals surface area contributed by atoms with Gasteiger partial charge in [-0.15, -0.1) is 0 Å². The summed E-state index contributed by atoms with van der Waals surface area (Å²) in [5, 5.41) is 1.74. The molecule has 2 amide bonds. The monoisotopic (exact) mass is 392 g/mol. The molecule has 28 heavy (non-hydrogen) atoms. The third-order valence-electron chi connectivity index (χ3n) is 4.60. The minimum atomic E-state index is -4.55. The van der Waals surface area contributed by atoms with E-state index < -0.39 is 24.5 Å². The molecule has 1 N–H and O–H groups in total. The standard InChI is InChI=1S/C17H15F3N6O2/c18-17(19,20)9-23-15(27)13-22-7-12-14(24-13)26(10-4-6-25(12)8-10)16(28)11-3-1-2-5-21-11/h1-3,5,7,10H,4,6,8-9H2,(H,23,27)/t10-/m0/s1. The molecule has 0 spiro atoms. The van der Waals surface area contributed by atoms with Crippen molar-refractivity contribution in [3.05, 3.63) is 42.1 Å².